The molecule has 0 aliphatic heterocycles. The van der Waals surface area contributed by atoms with Crippen molar-refractivity contribution in [2.75, 3.05) is 11.8 Å². The summed E-state index contributed by atoms with van der Waals surface area (Å²) in [4.78, 5) is 24.5. The molecule has 0 bridgehead atoms. The van der Waals surface area contributed by atoms with Gasteiger partial charge in [0.05, 0.1) is 8.95 Å². The second-order valence-electron chi connectivity index (χ2n) is 4.69. The Hall–Kier alpha value is 0.230. The number of halogens is 6. The number of hydrogen-bond donors (Lipinski definition) is 0. The molecule has 27 heavy (non-hydrogen) atoms. The number of ether oxygens (including phenoxy) is 2. The minimum absolute atomic E-state index is 0.254. The largest absolute Gasteiger partial charge is 0.424 e. The molecule has 2 aromatic carbocycles. The lowest BCUT2D eigenvalue weighted by atomic mass is 10.3. The summed E-state index contributed by atoms with van der Waals surface area (Å²) in [6.07, 6.45) is 0. The van der Waals surface area contributed by atoms with E-state index in [1.807, 2.05) is 0 Å². The third-order valence-corrected chi connectivity index (χ3v) is 8.54. The second-order valence-corrected chi connectivity index (χ2v) is 9.54. The number of carbonyl (C=O) groups is 2. The minimum Gasteiger partial charge on any atom is -0.424 e. The number of hydrogen-bond acceptors (Lipinski definition) is 5. The Morgan fingerprint density at radius 3 is 1.48 bits per heavy atom. The Kier molecular flexibility index (Phi) is 9.45. The number of alkyl halides is 2. The molecule has 0 aliphatic rings. The van der Waals surface area contributed by atoms with E-state index in [1.165, 1.54) is 11.8 Å². The van der Waals surface area contributed by atoms with Crippen LogP contribution < -0.4 is 9.47 Å². The van der Waals surface area contributed by atoms with Gasteiger partial charge in [0.1, 0.15) is 23.3 Å². The van der Waals surface area contributed by atoms with E-state index in [9.17, 15) is 9.59 Å². The third-order valence-electron chi connectivity index (χ3n) is 2.90. The highest BCUT2D eigenvalue weighted by Gasteiger charge is 2.20. The highest BCUT2D eigenvalue weighted by atomic mass is 79.9. The topological polar surface area (TPSA) is 52.6 Å². The molecule has 0 spiro atoms. The van der Waals surface area contributed by atoms with Gasteiger partial charge < -0.3 is 9.47 Å². The molecule has 144 valence electrons. The number of carbonyl (C=O) groups excluding carboxylic acids is 2. The Morgan fingerprint density at radius 1 is 0.778 bits per heavy atom. The van der Waals surface area contributed by atoms with Gasteiger partial charge in [-0.2, -0.15) is 0 Å². The third kappa shape index (κ3) is 6.10. The molecular weight excluding hydrogens is 679 g/mol. The average Bonchev–Trinajstić information content (AvgIpc) is 2.65. The molecule has 0 saturated heterocycles. The molecular formula is C16H8Br4Cl2O4S. The maximum absolute atomic E-state index is 11.5. The molecule has 0 heterocycles. The zero-order chi connectivity index (χ0) is 20.1. The zero-order valence-electron chi connectivity index (χ0n) is 13.0. The molecule has 0 atom stereocenters. The van der Waals surface area contributed by atoms with E-state index < -0.39 is 11.9 Å². The first-order chi connectivity index (χ1) is 12.8. The fourth-order valence-electron chi connectivity index (χ4n) is 1.78. The van der Waals surface area contributed by atoms with Crippen molar-refractivity contribution in [3.63, 3.8) is 0 Å². The highest BCUT2D eigenvalue weighted by Crippen LogP contribution is 2.49. The summed E-state index contributed by atoms with van der Waals surface area (Å²) in [6.45, 7) is 0. The smallest absolute Gasteiger partial charge is 0.326 e. The van der Waals surface area contributed by atoms with Crippen LogP contribution in [0.4, 0.5) is 0 Å². The molecule has 0 fully saturated rings. The van der Waals surface area contributed by atoms with Gasteiger partial charge in [-0.05, 0) is 88.0 Å². The predicted octanol–water partition coefficient (Wildman–Crippen LogP) is 7.18. The monoisotopic (exact) mass is 682 g/mol. The second kappa shape index (κ2) is 10.8. The van der Waals surface area contributed by atoms with Gasteiger partial charge in [0.25, 0.3) is 0 Å². The van der Waals surface area contributed by atoms with Crippen LogP contribution in [0, 0.1) is 0 Å². The SMILES string of the molecule is O=C(CCl)Oc1ccc(Br)c(Sc2c(Br)ccc(OC(=O)CCl)c2Br)c1Br. The van der Waals surface area contributed by atoms with Gasteiger partial charge in [0.15, 0.2) is 0 Å². The van der Waals surface area contributed by atoms with Crippen molar-refractivity contribution in [2.45, 2.75) is 9.79 Å². The summed E-state index contributed by atoms with van der Waals surface area (Å²) in [7, 11) is 0. The Bertz CT molecular complexity index is 824. The highest BCUT2D eigenvalue weighted by molar-refractivity contribution is 9.11. The van der Waals surface area contributed by atoms with Gasteiger partial charge in [-0.1, -0.05) is 11.8 Å². The first-order valence-corrected chi connectivity index (χ1v) is 12.0. The van der Waals surface area contributed by atoms with Crippen LogP contribution in [0.3, 0.4) is 0 Å². The fraction of sp³-hybridized carbons (Fsp3) is 0.125. The number of benzene rings is 2. The molecule has 4 nitrogen and oxygen atoms in total. The van der Waals surface area contributed by atoms with Gasteiger partial charge in [-0.15, -0.1) is 23.2 Å². The molecule has 0 aromatic heterocycles. The van der Waals surface area contributed by atoms with Crippen LogP contribution >= 0.6 is 98.7 Å². The predicted molar refractivity (Wildman–Crippen MR) is 121 cm³/mol. The molecule has 0 N–H and O–H groups in total. The Balaban J connectivity index is 2.44. The van der Waals surface area contributed by atoms with E-state index in [0.29, 0.717) is 20.4 Å². The lowest BCUT2D eigenvalue weighted by molar-refractivity contribution is -0.132. The van der Waals surface area contributed by atoms with Crippen LogP contribution in [-0.4, -0.2) is 23.7 Å². The quantitative estimate of drug-likeness (QED) is 0.183. The van der Waals surface area contributed by atoms with E-state index in [4.69, 9.17) is 32.7 Å². The van der Waals surface area contributed by atoms with Crippen molar-refractivity contribution in [1.29, 1.82) is 0 Å². The van der Waals surface area contributed by atoms with Crippen LogP contribution in [-0.2, 0) is 9.59 Å². The maximum atomic E-state index is 11.5. The normalized spacial score (nSPS) is 10.6. The van der Waals surface area contributed by atoms with Gasteiger partial charge in [0, 0.05) is 18.7 Å². The summed E-state index contributed by atoms with van der Waals surface area (Å²) in [6, 6.07) is 6.79. The van der Waals surface area contributed by atoms with Crippen molar-refractivity contribution in [3.05, 3.63) is 42.2 Å². The van der Waals surface area contributed by atoms with E-state index in [0.717, 1.165) is 18.7 Å². The standard InChI is InChI=1S/C16H8Br4Cl2O4S/c17-7-1-3-9(25-11(23)5-21)13(19)15(7)27-16-8(18)2-4-10(14(16)20)26-12(24)6-22/h1-4H,5-6H2. The van der Waals surface area contributed by atoms with E-state index in [2.05, 4.69) is 63.7 Å². The van der Waals surface area contributed by atoms with Crippen LogP contribution in [0.2, 0.25) is 0 Å². The number of esters is 2. The molecule has 0 unspecified atom stereocenters. The first kappa shape index (κ1) is 23.5. The fourth-order valence-corrected chi connectivity index (χ4v) is 5.82. The molecule has 0 radical (unpaired) electrons. The van der Waals surface area contributed by atoms with Crippen LogP contribution in [0.25, 0.3) is 0 Å². The lowest BCUT2D eigenvalue weighted by Crippen LogP contribution is -2.09. The number of rotatable bonds is 6. The summed E-state index contributed by atoms with van der Waals surface area (Å²) in [5, 5.41) is 0. The van der Waals surface area contributed by atoms with Gasteiger partial charge in [-0.25, -0.2) is 0 Å². The maximum Gasteiger partial charge on any atom is 0.326 e. The Morgan fingerprint density at radius 2 is 1.15 bits per heavy atom. The van der Waals surface area contributed by atoms with Crippen molar-refractivity contribution in [1.82, 2.24) is 0 Å². The van der Waals surface area contributed by atoms with Gasteiger partial charge in [0.2, 0.25) is 0 Å². The van der Waals surface area contributed by atoms with Crippen LogP contribution in [0.5, 0.6) is 11.5 Å². The molecule has 2 aromatic rings. The Labute approximate surface area is 203 Å². The van der Waals surface area contributed by atoms with Gasteiger partial charge in [-0.3, -0.25) is 9.59 Å². The zero-order valence-corrected chi connectivity index (χ0v) is 21.7. The summed E-state index contributed by atoms with van der Waals surface area (Å²) < 4.78 is 13.1. The first-order valence-electron chi connectivity index (χ1n) is 6.95. The molecule has 11 heteroatoms. The van der Waals surface area contributed by atoms with Crippen molar-refractivity contribution < 1.29 is 19.1 Å². The van der Waals surface area contributed by atoms with E-state index in [-0.39, 0.29) is 11.8 Å². The minimum atomic E-state index is -0.562. The molecule has 0 amide bonds. The van der Waals surface area contributed by atoms with E-state index >= 15 is 0 Å². The summed E-state index contributed by atoms with van der Waals surface area (Å²) in [5.41, 5.74) is 0. The summed E-state index contributed by atoms with van der Waals surface area (Å²) in [5.74, 6) is -0.959. The van der Waals surface area contributed by atoms with Crippen LogP contribution in [0.1, 0.15) is 0 Å². The van der Waals surface area contributed by atoms with E-state index in [1.54, 1.807) is 24.3 Å². The van der Waals surface area contributed by atoms with Crippen molar-refractivity contribution >= 4 is 111 Å². The van der Waals surface area contributed by atoms with Crippen molar-refractivity contribution in [3.8, 4) is 11.5 Å². The van der Waals surface area contributed by atoms with Crippen molar-refractivity contribution in [2.24, 2.45) is 0 Å². The molecule has 0 aliphatic carbocycles. The molecule has 0 saturated carbocycles. The van der Waals surface area contributed by atoms with Crippen LogP contribution in [0.15, 0.2) is 51.9 Å². The lowest BCUT2D eigenvalue weighted by Gasteiger charge is -2.15. The molecule has 2 rings (SSSR count). The van der Waals surface area contributed by atoms with Gasteiger partial charge >= 0.3 is 11.9 Å². The summed E-state index contributed by atoms with van der Waals surface area (Å²) >= 11 is 26.3. The average molecular weight is 687 g/mol.